The van der Waals surface area contributed by atoms with Crippen LogP contribution >= 0.6 is 31.9 Å². The van der Waals surface area contributed by atoms with Crippen LogP contribution in [-0.2, 0) is 16.1 Å². The molecular weight excluding hydrogens is 614 g/mol. The minimum Gasteiger partial charge on any atom is -0.490 e. The SMILES string of the molecule is CCOc1cc([C@H]2C(C(=O)OC)=C(C)NC3=C2C(=O)c2ccccc23)c(Br)cc1OCc1ccc(Br)cc1. The van der Waals surface area contributed by atoms with E-state index in [-0.39, 0.29) is 5.78 Å². The Balaban J connectivity index is 1.61. The van der Waals surface area contributed by atoms with E-state index < -0.39 is 11.9 Å². The fourth-order valence-electron chi connectivity index (χ4n) is 4.92. The van der Waals surface area contributed by atoms with Gasteiger partial charge in [0.05, 0.1) is 30.9 Å². The minimum absolute atomic E-state index is 0.123. The van der Waals surface area contributed by atoms with Crippen LogP contribution in [-0.4, -0.2) is 25.5 Å². The third-order valence-electron chi connectivity index (χ3n) is 6.64. The number of carbonyl (C=O) groups excluding carboxylic acids is 2. The molecule has 0 bridgehead atoms. The van der Waals surface area contributed by atoms with Gasteiger partial charge in [-0.3, -0.25) is 4.79 Å². The van der Waals surface area contributed by atoms with Crippen LogP contribution in [0.25, 0.3) is 5.70 Å². The van der Waals surface area contributed by atoms with Crippen LogP contribution in [0.5, 0.6) is 11.5 Å². The van der Waals surface area contributed by atoms with Crippen molar-refractivity contribution in [3.8, 4) is 11.5 Å². The van der Waals surface area contributed by atoms with E-state index in [1.54, 1.807) is 0 Å². The highest BCUT2D eigenvalue weighted by Gasteiger charge is 2.43. The molecule has 1 aliphatic carbocycles. The third kappa shape index (κ3) is 4.67. The predicted octanol–water partition coefficient (Wildman–Crippen LogP) is 6.93. The van der Waals surface area contributed by atoms with Crippen LogP contribution in [0.3, 0.4) is 0 Å². The fraction of sp³-hybridized carbons (Fsp3) is 0.200. The molecule has 194 valence electrons. The highest BCUT2D eigenvalue weighted by atomic mass is 79.9. The molecule has 8 heteroatoms. The van der Waals surface area contributed by atoms with Crippen LogP contribution in [0.1, 0.15) is 46.8 Å². The molecule has 5 rings (SSSR count). The van der Waals surface area contributed by atoms with Gasteiger partial charge in [-0.15, -0.1) is 0 Å². The van der Waals surface area contributed by atoms with E-state index in [0.717, 1.165) is 15.6 Å². The number of dihydropyridines is 1. The smallest absolute Gasteiger partial charge is 0.336 e. The standard InChI is InChI=1S/C30H25Br2NO5/c1-4-37-23-13-21(22(32)14-24(23)38-15-17-9-11-18(31)12-10-17)26-25(30(35)36-3)16(2)33-28-19-7-5-6-8-20(19)29(34)27(26)28/h5-14,26,33H,4,15H2,1-3H3/t26-/m0/s1. The summed E-state index contributed by atoms with van der Waals surface area (Å²) in [5.74, 6) is -0.228. The quantitative estimate of drug-likeness (QED) is 0.283. The summed E-state index contributed by atoms with van der Waals surface area (Å²) in [6.45, 7) is 4.48. The summed E-state index contributed by atoms with van der Waals surface area (Å²) in [6, 6.07) is 19.0. The first-order valence-corrected chi connectivity index (χ1v) is 13.7. The topological polar surface area (TPSA) is 73.9 Å². The highest BCUT2D eigenvalue weighted by Crippen LogP contribution is 2.50. The van der Waals surface area contributed by atoms with Gasteiger partial charge in [-0.1, -0.05) is 68.3 Å². The van der Waals surface area contributed by atoms with E-state index >= 15 is 0 Å². The van der Waals surface area contributed by atoms with E-state index in [1.165, 1.54) is 7.11 Å². The number of allylic oxidation sites excluding steroid dienone is 2. The maximum atomic E-state index is 13.7. The maximum Gasteiger partial charge on any atom is 0.336 e. The van der Waals surface area contributed by atoms with Gasteiger partial charge >= 0.3 is 5.97 Å². The van der Waals surface area contributed by atoms with Crippen LogP contribution in [0.2, 0.25) is 0 Å². The summed E-state index contributed by atoms with van der Waals surface area (Å²) >= 11 is 7.15. The van der Waals surface area contributed by atoms with Gasteiger partial charge in [0.1, 0.15) is 6.61 Å². The van der Waals surface area contributed by atoms with Gasteiger partial charge in [-0.2, -0.15) is 0 Å². The Hall–Kier alpha value is -3.36. The van der Waals surface area contributed by atoms with Gasteiger partial charge in [-0.25, -0.2) is 4.79 Å². The van der Waals surface area contributed by atoms with Crippen molar-refractivity contribution >= 4 is 49.3 Å². The molecule has 6 nitrogen and oxygen atoms in total. The Bertz CT molecular complexity index is 1510. The molecule has 0 saturated heterocycles. The molecule has 0 spiro atoms. The number of benzene rings is 3. The van der Waals surface area contributed by atoms with Crippen molar-refractivity contribution in [3.05, 3.63) is 109 Å². The fourth-order valence-corrected chi connectivity index (χ4v) is 5.73. The zero-order valence-electron chi connectivity index (χ0n) is 21.1. The number of carbonyl (C=O) groups is 2. The second kappa shape index (κ2) is 10.8. The molecular formula is C30H25Br2NO5. The van der Waals surface area contributed by atoms with E-state index in [1.807, 2.05) is 74.5 Å². The van der Waals surface area contributed by atoms with Gasteiger partial charge in [0.2, 0.25) is 0 Å². The van der Waals surface area contributed by atoms with Crippen molar-refractivity contribution in [2.24, 2.45) is 0 Å². The molecule has 1 atom stereocenters. The lowest BCUT2D eigenvalue weighted by molar-refractivity contribution is -0.136. The highest BCUT2D eigenvalue weighted by molar-refractivity contribution is 9.10. The maximum absolute atomic E-state index is 13.7. The van der Waals surface area contributed by atoms with E-state index in [2.05, 4.69) is 37.2 Å². The van der Waals surface area contributed by atoms with Gasteiger partial charge < -0.3 is 19.5 Å². The van der Waals surface area contributed by atoms with Gasteiger partial charge in [0, 0.05) is 31.3 Å². The molecule has 38 heavy (non-hydrogen) atoms. The first kappa shape index (κ1) is 26.3. The number of fused-ring (bicyclic) bond motifs is 2. The lowest BCUT2D eigenvalue weighted by Crippen LogP contribution is -2.29. The summed E-state index contributed by atoms with van der Waals surface area (Å²) in [6.07, 6.45) is 0. The van der Waals surface area contributed by atoms with Crippen molar-refractivity contribution in [2.45, 2.75) is 26.4 Å². The van der Waals surface area contributed by atoms with Crippen LogP contribution in [0.15, 0.2) is 86.5 Å². The zero-order chi connectivity index (χ0) is 27.0. The summed E-state index contributed by atoms with van der Waals surface area (Å²) < 4.78 is 19.0. The second-order valence-corrected chi connectivity index (χ2v) is 10.7. The minimum atomic E-state index is -0.673. The van der Waals surface area contributed by atoms with Crippen molar-refractivity contribution in [1.82, 2.24) is 5.32 Å². The second-order valence-electron chi connectivity index (χ2n) is 8.92. The number of Topliss-reactive ketones (excluding diaryl/α,β-unsaturated/α-hetero) is 1. The van der Waals surface area contributed by atoms with E-state index in [9.17, 15) is 9.59 Å². The Kier molecular flexibility index (Phi) is 7.45. The molecule has 3 aromatic rings. The number of esters is 1. The molecule has 0 unspecified atom stereocenters. The number of ether oxygens (including phenoxy) is 3. The Morgan fingerprint density at radius 2 is 1.66 bits per heavy atom. The molecule has 0 saturated carbocycles. The number of rotatable bonds is 7. The number of nitrogens with one attached hydrogen (secondary N) is 1. The van der Waals surface area contributed by atoms with Gasteiger partial charge in [0.25, 0.3) is 0 Å². The zero-order valence-corrected chi connectivity index (χ0v) is 24.2. The number of hydrogen-bond acceptors (Lipinski definition) is 6. The predicted molar refractivity (Wildman–Crippen MR) is 152 cm³/mol. The molecule has 2 aliphatic rings. The lowest BCUT2D eigenvalue weighted by atomic mass is 9.79. The summed E-state index contributed by atoms with van der Waals surface area (Å²) in [7, 11) is 1.34. The van der Waals surface area contributed by atoms with Crippen molar-refractivity contribution in [1.29, 1.82) is 0 Å². The van der Waals surface area contributed by atoms with Gasteiger partial charge in [0.15, 0.2) is 17.3 Å². The number of hydrogen-bond donors (Lipinski definition) is 1. The molecule has 1 N–H and O–H groups in total. The average Bonchev–Trinajstić information content (AvgIpc) is 3.20. The molecule has 3 aromatic carbocycles. The van der Waals surface area contributed by atoms with Crippen molar-refractivity contribution in [3.63, 3.8) is 0 Å². The van der Waals surface area contributed by atoms with Crippen LogP contribution in [0.4, 0.5) is 0 Å². The number of ketones is 1. The number of methoxy groups -OCH3 is 1. The normalized spacial score (nSPS) is 16.1. The average molecular weight is 639 g/mol. The molecule has 0 radical (unpaired) electrons. The van der Waals surface area contributed by atoms with Crippen molar-refractivity contribution < 1.29 is 23.8 Å². The monoisotopic (exact) mass is 637 g/mol. The Morgan fingerprint density at radius 1 is 0.974 bits per heavy atom. The lowest BCUT2D eigenvalue weighted by Gasteiger charge is -2.30. The summed E-state index contributed by atoms with van der Waals surface area (Å²) in [5.41, 5.74) is 5.35. The molecule has 1 aliphatic heterocycles. The molecule has 1 heterocycles. The number of halogens is 2. The van der Waals surface area contributed by atoms with Crippen LogP contribution in [0, 0.1) is 0 Å². The molecule has 0 amide bonds. The van der Waals surface area contributed by atoms with Crippen molar-refractivity contribution in [2.75, 3.05) is 13.7 Å². The van der Waals surface area contributed by atoms with E-state index in [0.29, 0.717) is 62.9 Å². The third-order valence-corrected chi connectivity index (χ3v) is 7.85. The summed E-state index contributed by atoms with van der Waals surface area (Å²) in [5, 5.41) is 3.31. The van der Waals surface area contributed by atoms with Crippen LogP contribution < -0.4 is 14.8 Å². The van der Waals surface area contributed by atoms with Gasteiger partial charge in [-0.05, 0) is 49.2 Å². The molecule has 0 aromatic heterocycles. The largest absolute Gasteiger partial charge is 0.490 e. The Labute approximate surface area is 237 Å². The molecule has 0 fully saturated rings. The Morgan fingerprint density at radius 3 is 2.34 bits per heavy atom. The summed E-state index contributed by atoms with van der Waals surface area (Å²) in [4.78, 5) is 26.8. The first-order valence-electron chi connectivity index (χ1n) is 12.1. The van der Waals surface area contributed by atoms with E-state index in [4.69, 9.17) is 14.2 Å². The first-order chi connectivity index (χ1) is 18.3.